The Labute approximate surface area is 252 Å². The van der Waals surface area contributed by atoms with Crippen LogP contribution in [0.1, 0.15) is 48.0 Å². The molecule has 1 saturated heterocycles. The summed E-state index contributed by atoms with van der Waals surface area (Å²) in [6.45, 7) is 5.63. The Bertz CT molecular complexity index is 1600. The van der Waals surface area contributed by atoms with E-state index in [-0.39, 0.29) is 5.82 Å². The molecule has 0 aliphatic carbocycles. The van der Waals surface area contributed by atoms with Gasteiger partial charge < -0.3 is 24.1 Å². The minimum Gasteiger partial charge on any atom is -0.496 e. The number of rotatable bonds is 13. The normalized spacial score (nSPS) is 14.9. The molecule has 1 aliphatic rings. The SMILES string of the molecule is CCOc1cc(-c2cc(NCCn3c(C)cc4c(OC)ccc(F)c43)ncn2)sc1C(=O)CC(=O)NOC1CCCCO1. The second-order valence-corrected chi connectivity index (χ2v) is 11.0. The van der Waals surface area contributed by atoms with Gasteiger partial charge in [-0.05, 0) is 44.9 Å². The Kier molecular flexibility index (Phi) is 9.85. The lowest BCUT2D eigenvalue weighted by atomic mass is 10.2. The maximum atomic E-state index is 14.7. The van der Waals surface area contributed by atoms with Crippen LogP contribution < -0.4 is 20.3 Å². The second kappa shape index (κ2) is 13.9. The first kappa shape index (κ1) is 30.4. The van der Waals surface area contributed by atoms with Crippen LogP contribution in [-0.2, 0) is 20.9 Å². The summed E-state index contributed by atoms with van der Waals surface area (Å²) < 4.78 is 33.2. The summed E-state index contributed by atoms with van der Waals surface area (Å²) in [6, 6.07) is 8.45. The highest BCUT2D eigenvalue weighted by Gasteiger charge is 2.23. The number of aryl methyl sites for hydroxylation is 1. The van der Waals surface area contributed by atoms with Gasteiger partial charge in [0.2, 0.25) is 0 Å². The number of benzene rings is 1. The number of amides is 1. The number of Topliss-reactive ketones (excluding diaryl/α,β-unsaturated/α-hetero) is 1. The third kappa shape index (κ3) is 7.12. The predicted octanol–water partition coefficient (Wildman–Crippen LogP) is 5.27. The minimum atomic E-state index is -0.561. The number of thiophene rings is 1. The van der Waals surface area contributed by atoms with Crippen molar-refractivity contribution in [1.82, 2.24) is 20.0 Å². The maximum absolute atomic E-state index is 14.7. The molecule has 1 aliphatic heterocycles. The average Bonchev–Trinajstić information content (AvgIpc) is 3.59. The van der Waals surface area contributed by atoms with Gasteiger partial charge in [0.25, 0.3) is 5.91 Å². The Balaban J connectivity index is 1.25. The van der Waals surface area contributed by atoms with E-state index in [1.54, 1.807) is 25.3 Å². The number of nitrogens with one attached hydrogen (secondary N) is 2. The van der Waals surface area contributed by atoms with E-state index in [0.29, 0.717) is 71.0 Å². The smallest absolute Gasteiger partial charge is 0.251 e. The molecule has 1 aromatic carbocycles. The first-order valence-corrected chi connectivity index (χ1v) is 14.9. The number of halogens is 1. The van der Waals surface area contributed by atoms with Gasteiger partial charge in [0.05, 0.1) is 36.2 Å². The number of hydroxylamine groups is 1. The van der Waals surface area contributed by atoms with Gasteiger partial charge in [-0.3, -0.25) is 9.59 Å². The standard InChI is InChI=1S/C30H34FN5O6S/c1-4-40-24-16-25(43-30(24)22(37)15-27(38)35-42-28-7-5-6-12-41-28)21-14-26(34-17-33-21)32-10-11-36-18(2)13-19-23(39-3)9-8-20(31)29(19)36/h8-9,13-14,16-17,28H,4-7,10-12,15H2,1-3H3,(H,35,38)(H,32,33,34). The van der Waals surface area contributed by atoms with E-state index in [1.807, 2.05) is 24.5 Å². The monoisotopic (exact) mass is 611 g/mol. The zero-order valence-electron chi connectivity index (χ0n) is 24.3. The fraction of sp³-hybridized carbons (Fsp3) is 0.400. The van der Waals surface area contributed by atoms with Crippen molar-refractivity contribution in [1.29, 1.82) is 0 Å². The Morgan fingerprint density at radius 3 is 2.81 bits per heavy atom. The summed E-state index contributed by atoms with van der Waals surface area (Å²) in [5.74, 6) is 0.305. The maximum Gasteiger partial charge on any atom is 0.251 e. The van der Waals surface area contributed by atoms with Crippen molar-refractivity contribution in [3.63, 3.8) is 0 Å². The molecule has 0 radical (unpaired) electrons. The minimum absolute atomic E-state index is 0.315. The third-order valence-electron chi connectivity index (χ3n) is 6.97. The van der Waals surface area contributed by atoms with Crippen LogP contribution in [0.2, 0.25) is 0 Å². The number of fused-ring (bicyclic) bond motifs is 1. The molecule has 1 amide bonds. The van der Waals surface area contributed by atoms with Gasteiger partial charge in [0.1, 0.15) is 34.3 Å². The molecule has 0 saturated carbocycles. The van der Waals surface area contributed by atoms with E-state index >= 15 is 0 Å². The van der Waals surface area contributed by atoms with Gasteiger partial charge in [0, 0.05) is 49.3 Å². The van der Waals surface area contributed by atoms with Crippen LogP contribution in [0, 0.1) is 12.7 Å². The Morgan fingerprint density at radius 1 is 1.19 bits per heavy atom. The first-order valence-electron chi connectivity index (χ1n) is 14.1. The number of ketones is 1. The molecule has 4 aromatic rings. The summed E-state index contributed by atoms with van der Waals surface area (Å²) in [7, 11) is 1.57. The summed E-state index contributed by atoms with van der Waals surface area (Å²) in [6.07, 6.45) is 3.12. The van der Waals surface area contributed by atoms with Crippen molar-refractivity contribution in [2.24, 2.45) is 0 Å². The van der Waals surface area contributed by atoms with Crippen LogP contribution >= 0.6 is 11.3 Å². The van der Waals surface area contributed by atoms with Gasteiger partial charge in [-0.15, -0.1) is 11.3 Å². The number of carbonyl (C=O) groups is 2. The summed E-state index contributed by atoms with van der Waals surface area (Å²) >= 11 is 1.19. The second-order valence-electron chi connectivity index (χ2n) is 9.94. The molecule has 228 valence electrons. The van der Waals surface area contributed by atoms with Gasteiger partial charge in [-0.2, -0.15) is 0 Å². The van der Waals surface area contributed by atoms with Crippen molar-refractivity contribution in [2.45, 2.75) is 52.4 Å². The Morgan fingerprint density at radius 2 is 2.05 bits per heavy atom. The quantitative estimate of drug-likeness (QED) is 0.118. The predicted molar refractivity (Wildman–Crippen MR) is 160 cm³/mol. The zero-order valence-corrected chi connectivity index (χ0v) is 25.1. The van der Waals surface area contributed by atoms with E-state index in [0.717, 1.165) is 23.9 Å². The molecule has 0 spiro atoms. The molecule has 43 heavy (non-hydrogen) atoms. The van der Waals surface area contributed by atoms with E-state index < -0.39 is 24.4 Å². The number of nitrogens with zero attached hydrogens (tertiary/aromatic N) is 3. The van der Waals surface area contributed by atoms with Crippen molar-refractivity contribution >= 4 is 39.7 Å². The zero-order chi connectivity index (χ0) is 30.3. The molecule has 0 bridgehead atoms. The lowest BCUT2D eigenvalue weighted by Gasteiger charge is -2.21. The summed E-state index contributed by atoms with van der Waals surface area (Å²) in [4.78, 5) is 40.4. The molecule has 5 rings (SSSR count). The van der Waals surface area contributed by atoms with Crippen LogP contribution in [0.3, 0.4) is 0 Å². The highest BCUT2D eigenvalue weighted by atomic mass is 32.1. The van der Waals surface area contributed by atoms with Crippen LogP contribution in [0.5, 0.6) is 11.5 Å². The molecule has 4 heterocycles. The van der Waals surface area contributed by atoms with E-state index in [2.05, 4.69) is 20.8 Å². The van der Waals surface area contributed by atoms with E-state index in [1.165, 1.54) is 23.7 Å². The van der Waals surface area contributed by atoms with Gasteiger partial charge >= 0.3 is 0 Å². The summed E-state index contributed by atoms with van der Waals surface area (Å²) in [5.41, 5.74) is 4.31. The van der Waals surface area contributed by atoms with Crippen LogP contribution in [-0.4, -0.2) is 59.4 Å². The highest BCUT2D eigenvalue weighted by Crippen LogP contribution is 2.37. The topological polar surface area (TPSA) is 126 Å². The molecule has 1 fully saturated rings. The fourth-order valence-corrected chi connectivity index (χ4v) is 5.95. The third-order valence-corrected chi connectivity index (χ3v) is 8.15. The molecule has 1 atom stereocenters. The number of methoxy groups -OCH3 is 1. The molecule has 13 heteroatoms. The van der Waals surface area contributed by atoms with Crippen molar-refractivity contribution in [3.05, 3.63) is 53.0 Å². The van der Waals surface area contributed by atoms with E-state index in [9.17, 15) is 14.0 Å². The number of ether oxygens (including phenoxy) is 3. The molecular formula is C30H34FN5O6S. The number of anilines is 1. The van der Waals surface area contributed by atoms with Crippen molar-refractivity contribution < 1.29 is 33.0 Å². The number of carbonyl (C=O) groups excluding carboxylic acids is 2. The first-order chi connectivity index (χ1) is 20.9. The number of hydrogen-bond donors (Lipinski definition) is 2. The molecule has 1 unspecified atom stereocenters. The number of hydrogen-bond acceptors (Lipinski definition) is 10. The lowest BCUT2D eigenvalue weighted by Crippen LogP contribution is -2.33. The van der Waals surface area contributed by atoms with Crippen molar-refractivity contribution in [3.8, 4) is 22.1 Å². The van der Waals surface area contributed by atoms with Gasteiger partial charge in [0.15, 0.2) is 12.1 Å². The molecule has 2 N–H and O–H groups in total. The lowest BCUT2D eigenvalue weighted by molar-refractivity contribution is -0.200. The van der Waals surface area contributed by atoms with Crippen LogP contribution in [0.4, 0.5) is 10.2 Å². The van der Waals surface area contributed by atoms with Crippen LogP contribution in [0.15, 0.2) is 36.7 Å². The molecular weight excluding hydrogens is 577 g/mol. The van der Waals surface area contributed by atoms with Crippen molar-refractivity contribution in [2.75, 3.05) is 32.2 Å². The largest absolute Gasteiger partial charge is 0.496 e. The highest BCUT2D eigenvalue weighted by molar-refractivity contribution is 7.17. The van der Waals surface area contributed by atoms with Gasteiger partial charge in [-0.25, -0.2) is 24.7 Å². The molecule has 3 aromatic heterocycles. The summed E-state index contributed by atoms with van der Waals surface area (Å²) in [5, 5.41) is 4.00. The average molecular weight is 612 g/mol. The van der Waals surface area contributed by atoms with Crippen LogP contribution in [0.25, 0.3) is 21.5 Å². The Hall–Kier alpha value is -4.07. The molecule has 11 nitrogen and oxygen atoms in total. The number of aromatic nitrogens is 3. The van der Waals surface area contributed by atoms with Gasteiger partial charge in [-0.1, -0.05) is 0 Å². The van der Waals surface area contributed by atoms with E-state index in [4.69, 9.17) is 19.0 Å². The fourth-order valence-electron chi connectivity index (χ4n) is 4.95.